The number of nitrogens with zero attached hydrogens (tertiary/aromatic N) is 2. The van der Waals surface area contributed by atoms with Gasteiger partial charge in [-0.2, -0.15) is 0 Å². The lowest BCUT2D eigenvalue weighted by molar-refractivity contribution is -0.141. The van der Waals surface area contributed by atoms with E-state index in [1.165, 1.54) is 10.9 Å². The van der Waals surface area contributed by atoms with E-state index in [0.29, 0.717) is 32.7 Å². The van der Waals surface area contributed by atoms with Crippen LogP contribution in [0.2, 0.25) is 0 Å². The highest BCUT2D eigenvalue weighted by atomic mass is 16.5. The highest BCUT2D eigenvalue weighted by Crippen LogP contribution is 2.20. The quantitative estimate of drug-likeness (QED) is 0.231. The SMILES string of the molecule is CCCCCCC(=O)N(CCC)CC(=O)N(CCc1c[nH]c2ccccc12)Cc1ccc(OCC)cc1. The van der Waals surface area contributed by atoms with Crippen molar-refractivity contribution < 1.29 is 14.3 Å². The molecule has 2 aromatic carbocycles. The number of para-hydroxylation sites is 1. The first-order chi connectivity index (χ1) is 18.0. The van der Waals surface area contributed by atoms with Crippen LogP contribution in [0.3, 0.4) is 0 Å². The standard InChI is InChI=1S/C31H43N3O3/c1-4-7-8-9-14-30(35)33(20-5-2)24-31(36)34(23-25-15-17-27(18-16-25)37-6-3)21-19-26-22-32-29-13-11-10-12-28(26)29/h10-13,15-18,22,32H,4-9,14,19-21,23-24H2,1-3H3. The van der Waals surface area contributed by atoms with Crippen molar-refractivity contribution in [1.29, 1.82) is 0 Å². The number of carbonyl (C=O) groups excluding carboxylic acids is 2. The fourth-order valence-electron chi connectivity index (χ4n) is 4.65. The predicted molar refractivity (Wildman–Crippen MR) is 151 cm³/mol. The summed E-state index contributed by atoms with van der Waals surface area (Å²) in [4.78, 5) is 33.5. The maximum Gasteiger partial charge on any atom is 0.242 e. The van der Waals surface area contributed by atoms with E-state index in [2.05, 4.69) is 31.0 Å². The number of H-pyrrole nitrogens is 1. The summed E-state index contributed by atoms with van der Waals surface area (Å²) in [6.07, 6.45) is 8.36. The monoisotopic (exact) mass is 505 g/mol. The van der Waals surface area contributed by atoms with Gasteiger partial charge in [0.25, 0.3) is 0 Å². The number of unbranched alkanes of at least 4 members (excludes halogenated alkanes) is 3. The molecule has 3 rings (SSSR count). The average molecular weight is 506 g/mol. The third-order valence-corrected chi connectivity index (χ3v) is 6.70. The molecular weight excluding hydrogens is 462 g/mol. The summed E-state index contributed by atoms with van der Waals surface area (Å²) in [6.45, 7) is 8.62. The second-order valence-corrected chi connectivity index (χ2v) is 9.63. The summed E-state index contributed by atoms with van der Waals surface area (Å²) >= 11 is 0. The number of rotatable bonds is 16. The van der Waals surface area contributed by atoms with Gasteiger partial charge in [-0.1, -0.05) is 63.4 Å². The van der Waals surface area contributed by atoms with Gasteiger partial charge in [0.05, 0.1) is 13.2 Å². The van der Waals surface area contributed by atoms with Crippen LogP contribution in [0.25, 0.3) is 10.9 Å². The third kappa shape index (κ3) is 8.66. The molecule has 2 amide bonds. The number of fused-ring (bicyclic) bond motifs is 1. The Kier molecular flexibility index (Phi) is 11.5. The van der Waals surface area contributed by atoms with E-state index in [4.69, 9.17) is 4.74 Å². The van der Waals surface area contributed by atoms with Crippen LogP contribution in [0.1, 0.15) is 70.4 Å². The predicted octanol–water partition coefficient (Wildman–Crippen LogP) is 6.35. The molecule has 0 atom stereocenters. The number of amides is 2. The summed E-state index contributed by atoms with van der Waals surface area (Å²) in [5, 5.41) is 1.19. The molecule has 0 aliphatic rings. The fourth-order valence-corrected chi connectivity index (χ4v) is 4.65. The minimum Gasteiger partial charge on any atom is -0.494 e. The van der Waals surface area contributed by atoms with Crippen LogP contribution in [0.5, 0.6) is 5.75 Å². The van der Waals surface area contributed by atoms with Crippen molar-refractivity contribution in [3.63, 3.8) is 0 Å². The van der Waals surface area contributed by atoms with Crippen molar-refractivity contribution in [2.75, 3.05) is 26.2 Å². The molecular formula is C31H43N3O3. The molecule has 1 heterocycles. The van der Waals surface area contributed by atoms with Gasteiger partial charge in [-0.05, 0) is 55.5 Å². The molecule has 0 bridgehead atoms. The number of aromatic amines is 1. The molecule has 0 aliphatic heterocycles. The summed E-state index contributed by atoms with van der Waals surface area (Å²) in [6, 6.07) is 16.2. The smallest absolute Gasteiger partial charge is 0.242 e. The average Bonchev–Trinajstić information content (AvgIpc) is 3.33. The van der Waals surface area contributed by atoms with Crippen LogP contribution < -0.4 is 4.74 Å². The molecule has 6 nitrogen and oxygen atoms in total. The zero-order valence-electron chi connectivity index (χ0n) is 22.8. The number of ether oxygens (including phenoxy) is 1. The number of hydrogen-bond donors (Lipinski definition) is 1. The second-order valence-electron chi connectivity index (χ2n) is 9.63. The Morgan fingerprint density at radius 1 is 0.838 bits per heavy atom. The van der Waals surface area contributed by atoms with E-state index in [0.717, 1.165) is 55.4 Å². The molecule has 0 aliphatic carbocycles. The minimum absolute atomic E-state index is 0.0101. The first-order valence-electron chi connectivity index (χ1n) is 13.9. The second kappa shape index (κ2) is 15.1. The van der Waals surface area contributed by atoms with E-state index in [1.807, 2.05) is 54.4 Å². The fraction of sp³-hybridized carbons (Fsp3) is 0.484. The first-order valence-corrected chi connectivity index (χ1v) is 13.9. The van der Waals surface area contributed by atoms with E-state index < -0.39 is 0 Å². The lowest BCUT2D eigenvalue weighted by Gasteiger charge is -2.28. The lowest BCUT2D eigenvalue weighted by atomic mass is 10.1. The highest BCUT2D eigenvalue weighted by Gasteiger charge is 2.21. The van der Waals surface area contributed by atoms with Gasteiger partial charge in [-0.3, -0.25) is 9.59 Å². The lowest BCUT2D eigenvalue weighted by Crippen LogP contribution is -2.43. The summed E-state index contributed by atoms with van der Waals surface area (Å²) < 4.78 is 5.58. The molecule has 3 aromatic rings. The Morgan fingerprint density at radius 3 is 2.35 bits per heavy atom. The molecule has 1 N–H and O–H groups in total. The van der Waals surface area contributed by atoms with Gasteiger partial charge in [0.1, 0.15) is 5.75 Å². The van der Waals surface area contributed by atoms with Gasteiger partial charge in [-0.15, -0.1) is 0 Å². The Morgan fingerprint density at radius 2 is 1.62 bits per heavy atom. The Labute approximate surface area is 222 Å². The van der Waals surface area contributed by atoms with Crippen LogP contribution in [0.15, 0.2) is 54.7 Å². The molecule has 0 fully saturated rings. The third-order valence-electron chi connectivity index (χ3n) is 6.70. The van der Waals surface area contributed by atoms with Gasteiger partial charge in [0.2, 0.25) is 11.8 Å². The number of hydrogen-bond acceptors (Lipinski definition) is 3. The van der Waals surface area contributed by atoms with Crippen LogP contribution in [-0.4, -0.2) is 52.8 Å². The van der Waals surface area contributed by atoms with Gasteiger partial charge in [-0.25, -0.2) is 0 Å². The largest absolute Gasteiger partial charge is 0.494 e. The maximum atomic E-state index is 13.6. The van der Waals surface area contributed by atoms with Crippen molar-refractivity contribution in [3.05, 3.63) is 65.9 Å². The molecule has 0 spiro atoms. The van der Waals surface area contributed by atoms with E-state index in [1.54, 1.807) is 4.90 Å². The zero-order chi connectivity index (χ0) is 26.5. The zero-order valence-corrected chi connectivity index (χ0v) is 22.8. The van der Waals surface area contributed by atoms with Crippen LogP contribution in [-0.2, 0) is 22.6 Å². The van der Waals surface area contributed by atoms with Gasteiger partial charge in [0, 0.05) is 43.2 Å². The number of carbonyl (C=O) groups is 2. The first kappa shape index (κ1) is 28.3. The van der Waals surface area contributed by atoms with Crippen molar-refractivity contribution in [3.8, 4) is 5.75 Å². The molecule has 0 saturated heterocycles. The van der Waals surface area contributed by atoms with E-state index >= 15 is 0 Å². The van der Waals surface area contributed by atoms with Crippen LogP contribution in [0.4, 0.5) is 0 Å². The molecule has 1 aromatic heterocycles. The van der Waals surface area contributed by atoms with Crippen LogP contribution in [0, 0.1) is 0 Å². The van der Waals surface area contributed by atoms with Gasteiger partial charge in [0.15, 0.2) is 0 Å². The highest BCUT2D eigenvalue weighted by molar-refractivity contribution is 5.85. The number of nitrogens with one attached hydrogen (secondary N) is 1. The van der Waals surface area contributed by atoms with Crippen molar-refractivity contribution in [1.82, 2.24) is 14.8 Å². The number of aromatic nitrogens is 1. The molecule has 37 heavy (non-hydrogen) atoms. The normalized spacial score (nSPS) is 11.0. The Balaban J connectivity index is 1.72. The molecule has 0 saturated carbocycles. The Bertz CT molecular complexity index is 1110. The molecule has 0 unspecified atom stereocenters. The van der Waals surface area contributed by atoms with E-state index in [-0.39, 0.29) is 18.4 Å². The molecule has 6 heteroatoms. The van der Waals surface area contributed by atoms with Crippen molar-refractivity contribution >= 4 is 22.7 Å². The summed E-state index contributed by atoms with van der Waals surface area (Å²) in [5.74, 6) is 0.902. The van der Waals surface area contributed by atoms with Crippen LogP contribution >= 0.6 is 0 Å². The van der Waals surface area contributed by atoms with Gasteiger partial charge < -0.3 is 19.5 Å². The van der Waals surface area contributed by atoms with Crippen molar-refractivity contribution in [2.45, 2.75) is 72.3 Å². The topological polar surface area (TPSA) is 65.6 Å². The summed E-state index contributed by atoms with van der Waals surface area (Å²) in [7, 11) is 0. The van der Waals surface area contributed by atoms with Gasteiger partial charge >= 0.3 is 0 Å². The summed E-state index contributed by atoms with van der Waals surface area (Å²) in [5.41, 5.74) is 3.34. The minimum atomic E-state index is -0.0101. The molecule has 0 radical (unpaired) electrons. The number of benzene rings is 2. The van der Waals surface area contributed by atoms with E-state index in [9.17, 15) is 9.59 Å². The molecule has 200 valence electrons. The Hall–Kier alpha value is -3.28. The maximum absolute atomic E-state index is 13.6. The van der Waals surface area contributed by atoms with Crippen molar-refractivity contribution in [2.24, 2.45) is 0 Å².